The Morgan fingerprint density at radius 2 is 1.69 bits per heavy atom. The third kappa shape index (κ3) is 4.14. The highest BCUT2D eigenvalue weighted by Gasteiger charge is 2.47. The molecule has 2 aliphatic rings. The number of hydrogen-bond donors (Lipinski definition) is 1. The van der Waals surface area contributed by atoms with Crippen molar-refractivity contribution >= 4 is 5.91 Å². The molecule has 2 heterocycles. The second-order valence-electron chi connectivity index (χ2n) is 8.03. The molecule has 2 fully saturated rings. The topological polar surface area (TPSA) is 44.8 Å². The number of carbonyl (C=O) groups is 1. The molecule has 1 N–H and O–H groups in total. The maximum Gasteiger partial charge on any atom is 0.231 e. The second kappa shape index (κ2) is 8.51. The van der Waals surface area contributed by atoms with Gasteiger partial charge in [-0.2, -0.15) is 0 Å². The molecule has 0 aliphatic carbocycles. The van der Waals surface area contributed by atoms with Gasteiger partial charge in [0.2, 0.25) is 5.91 Å². The summed E-state index contributed by atoms with van der Waals surface area (Å²) in [4.78, 5) is 17.6. The summed E-state index contributed by atoms with van der Waals surface area (Å²) in [6.45, 7) is 5.09. The molecule has 4 rings (SSSR count). The molecule has 2 saturated heterocycles. The average molecular weight is 397 g/mol. The highest BCUT2D eigenvalue weighted by molar-refractivity contribution is 5.85. The fraction of sp³-hybridized carbons (Fsp3) is 0.435. The Morgan fingerprint density at radius 3 is 2.31 bits per heavy atom. The fourth-order valence-electron chi connectivity index (χ4n) is 4.30. The number of ether oxygens (including phenoxy) is 1. The van der Waals surface area contributed by atoms with E-state index in [1.54, 1.807) is 19.2 Å². The minimum atomic E-state index is -0.521. The lowest BCUT2D eigenvalue weighted by atomic mass is 9.74. The molecule has 0 spiro atoms. The number of benzene rings is 2. The van der Waals surface area contributed by atoms with Crippen molar-refractivity contribution in [1.29, 1.82) is 0 Å². The summed E-state index contributed by atoms with van der Waals surface area (Å²) < 4.78 is 19.6. The van der Waals surface area contributed by atoms with Crippen LogP contribution in [0.5, 0.6) is 5.75 Å². The van der Waals surface area contributed by atoms with Crippen molar-refractivity contribution in [2.45, 2.75) is 13.0 Å². The number of piperazine rings is 1. The summed E-state index contributed by atoms with van der Waals surface area (Å²) in [5.74, 6) is 0.819. The van der Waals surface area contributed by atoms with Crippen molar-refractivity contribution in [3.8, 4) is 5.75 Å². The zero-order valence-electron chi connectivity index (χ0n) is 16.9. The Labute approximate surface area is 171 Å². The van der Waals surface area contributed by atoms with Gasteiger partial charge in [-0.25, -0.2) is 4.39 Å². The molecule has 0 bridgehead atoms. The summed E-state index contributed by atoms with van der Waals surface area (Å²) >= 11 is 0. The largest absolute Gasteiger partial charge is 0.496 e. The standard InChI is InChI=1S/C23H28FN3O2/c1-29-21-9-5-3-7-19(21)15-26-10-12-27(13-11-26)22(28)23(16-25-17-23)14-18-6-2-4-8-20(18)24/h2-9,25H,10-17H2,1H3. The maximum atomic E-state index is 14.1. The predicted octanol–water partition coefficient (Wildman–Crippen LogP) is 2.31. The number of hydrogen-bond acceptors (Lipinski definition) is 4. The molecule has 2 aromatic rings. The van der Waals surface area contributed by atoms with Gasteiger partial charge < -0.3 is 15.0 Å². The minimum Gasteiger partial charge on any atom is -0.496 e. The van der Waals surface area contributed by atoms with Gasteiger partial charge in [-0.05, 0) is 24.1 Å². The Kier molecular flexibility index (Phi) is 5.83. The van der Waals surface area contributed by atoms with Crippen LogP contribution >= 0.6 is 0 Å². The number of carbonyl (C=O) groups excluding carboxylic acids is 1. The number of para-hydroxylation sites is 1. The maximum absolute atomic E-state index is 14.1. The minimum absolute atomic E-state index is 0.149. The Bertz CT molecular complexity index is 861. The summed E-state index contributed by atoms with van der Waals surface area (Å²) in [6.07, 6.45) is 0.451. The summed E-state index contributed by atoms with van der Waals surface area (Å²) in [6, 6.07) is 14.8. The first-order valence-electron chi connectivity index (χ1n) is 10.2. The molecule has 5 nitrogen and oxygen atoms in total. The van der Waals surface area contributed by atoms with Crippen molar-refractivity contribution < 1.29 is 13.9 Å². The molecule has 2 aromatic carbocycles. The third-order valence-corrected chi connectivity index (χ3v) is 6.11. The number of nitrogens with zero attached hydrogens (tertiary/aromatic N) is 2. The van der Waals surface area contributed by atoms with Crippen LogP contribution in [0.15, 0.2) is 48.5 Å². The molecule has 2 aliphatic heterocycles. The van der Waals surface area contributed by atoms with Crippen molar-refractivity contribution in [3.63, 3.8) is 0 Å². The molecule has 1 amide bonds. The Balaban J connectivity index is 1.37. The molecule has 0 unspecified atom stereocenters. The third-order valence-electron chi connectivity index (χ3n) is 6.11. The Morgan fingerprint density at radius 1 is 1.03 bits per heavy atom. The van der Waals surface area contributed by atoms with Gasteiger partial charge in [-0.3, -0.25) is 9.69 Å². The smallest absolute Gasteiger partial charge is 0.231 e. The van der Waals surface area contributed by atoms with Gasteiger partial charge in [0.15, 0.2) is 0 Å². The number of halogens is 1. The number of amides is 1. The van der Waals surface area contributed by atoms with Crippen molar-refractivity contribution in [1.82, 2.24) is 15.1 Å². The highest BCUT2D eigenvalue weighted by atomic mass is 19.1. The van der Waals surface area contributed by atoms with Gasteiger partial charge in [0.05, 0.1) is 12.5 Å². The van der Waals surface area contributed by atoms with E-state index in [9.17, 15) is 9.18 Å². The molecule has 0 saturated carbocycles. The molecule has 6 heteroatoms. The van der Waals surface area contributed by atoms with Crippen LogP contribution in [-0.4, -0.2) is 62.1 Å². The van der Waals surface area contributed by atoms with Crippen LogP contribution in [0.1, 0.15) is 11.1 Å². The molecule has 154 valence electrons. The van der Waals surface area contributed by atoms with E-state index >= 15 is 0 Å². The zero-order chi connectivity index (χ0) is 20.3. The van der Waals surface area contributed by atoms with Gasteiger partial charge in [-0.1, -0.05) is 36.4 Å². The lowest BCUT2D eigenvalue weighted by Crippen LogP contribution is -2.65. The average Bonchev–Trinajstić information content (AvgIpc) is 2.72. The number of nitrogens with one attached hydrogen (secondary N) is 1. The molecular formula is C23H28FN3O2. The van der Waals surface area contributed by atoms with E-state index in [4.69, 9.17) is 4.74 Å². The lowest BCUT2D eigenvalue weighted by molar-refractivity contribution is -0.147. The normalized spacial score (nSPS) is 18.9. The number of methoxy groups -OCH3 is 1. The first-order valence-corrected chi connectivity index (χ1v) is 10.2. The molecule has 0 atom stereocenters. The second-order valence-corrected chi connectivity index (χ2v) is 8.03. The van der Waals surface area contributed by atoms with Crippen LogP contribution < -0.4 is 10.1 Å². The van der Waals surface area contributed by atoms with Crippen LogP contribution in [-0.2, 0) is 17.8 Å². The SMILES string of the molecule is COc1ccccc1CN1CCN(C(=O)C2(Cc3ccccc3F)CNC2)CC1. The van der Waals surface area contributed by atoms with E-state index in [2.05, 4.69) is 16.3 Å². The van der Waals surface area contributed by atoms with Gasteiger partial charge in [-0.15, -0.1) is 0 Å². The lowest BCUT2D eigenvalue weighted by Gasteiger charge is -2.46. The van der Waals surface area contributed by atoms with E-state index in [-0.39, 0.29) is 11.7 Å². The molecule has 0 radical (unpaired) electrons. The van der Waals surface area contributed by atoms with E-state index in [1.165, 1.54) is 6.07 Å². The van der Waals surface area contributed by atoms with E-state index in [0.29, 0.717) is 38.2 Å². The van der Waals surface area contributed by atoms with Gasteiger partial charge in [0, 0.05) is 51.4 Å². The molecular weight excluding hydrogens is 369 g/mol. The first-order chi connectivity index (χ1) is 14.1. The van der Waals surface area contributed by atoms with Crippen LogP contribution in [0.2, 0.25) is 0 Å². The zero-order valence-corrected chi connectivity index (χ0v) is 16.9. The Hall–Kier alpha value is -2.44. The van der Waals surface area contributed by atoms with Crippen LogP contribution in [0, 0.1) is 11.2 Å². The van der Waals surface area contributed by atoms with Gasteiger partial charge >= 0.3 is 0 Å². The van der Waals surface area contributed by atoms with Gasteiger partial charge in [0.25, 0.3) is 0 Å². The van der Waals surface area contributed by atoms with Crippen LogP contribution in [0.25, 0.3) is 0 Å². The monoisotopic (exact) mass is 397 g/mol. The van der Waals surface area contributed by atoms with E-state index < -0.39 is 5.41 Å². The van der Waals surface area contributed by atoms with Crippen molar-refractivity contribution in [2.75, 3.05) is 46.4 Å². The summed E-state index contributed by atoms with van der Waals surface area (Å²) in [7, 11) is 1.69. The number of rotatable bonds is 6. The molecule has 0 aromatic heterocycles. The predicted molar refractivity (Wildman–Crippen MR) is 110 cm³/mol. The fourth-order valence-corrected chi connectivity index (χ4v) is 4.30. The van der Waals surface area contributed by atoms with E-state index in [0.717, 1.165) is 30.9 Å². The summed E-state index contributed by atoms with van der Waals surface area (Å²) in [5.41, 5.74) is 1.26. The summed E-state index contributed by atoms with van der Waals surface area (Å²) in [5, 5.41) is 3.22. The van der Waals surface area contributed by atoms with Gasteiger partial charge in [0.1, 0.15) is 11.6 Å². The first kappa shape index (κ1) is 19.9. The van der Waals surface area contributed by atoms with Crippen molar-refractivity contribution in [2.24, 2.45) is 5.41 Å². The van der Waals surface area contributed by atoms with E-state index in [1.807, 2.05) is 29.2 Å². The highest BCUT2D eigenvalue weighted by Crippen LogP contribution is 2.32. The van der Waals surface area contributed by atoms with Crippen LogP contribution in [0.3, 0.4) is 0 Å². The quantitative estimate of drug-likeness (QED) is 0.813. The molecule has 29 heavy (non-hydrogen) atoms. The van der Waals surface area contributed by atoms with Crippen LogP contribution in [0.4, 0.5) is 4.39 Å². The van der Waals surface area contributed by atoms with Crippen molar-refractivity contribution in [3.05, 3.63) is 65.5 Å².